The number of carbonyl (C=O) groups is 2. The van der Waals surface area contributed by atoms with Gasteiger partial charge in [-0.2, -0.15) is 13.1 Å². The van der Waals surface area contributed by atoms with Gasteiger partial charge in [-0.05, 0) is 49.7 Å². The molecule has 1 atom stereocenters. The number of hydrogen-bond donors (Lipinski definition) is 3. The van der Waals surface area contributed by atoms with Crippen LogP contribution in [0.25, 0.3) is 0 Å². The molecule has 0 spiro atoms. The van der Waals surface area contributed by atoms with Gasteiger partial charge < -0.3 is 26.0 Å². The summed E-state index contributed by atoms with van der Waals surface area (Å²) in [5, 5.41) is 11.9. The topological polar surface area (TPSA) is 175 Å². The monoisotopic (exact) mass is 644 g/mol. The van der Waals surface area contributed by atoms with E-state index in [1.54, 1.807) is 28.9 Å². The molecule has 2 aromatic heterocycles. The van der Waals surface area contributed by atoms with E-state index in [0.29, 0.717) is 24.3 Å². The lowest BCUT2D eigenvalue weighted by Gasteiger charge is -2.35. The van der Waals surface area contributed by atoms with Crippen LogP contribution in [0, 0.1) is 6.92 Å². The number of aryl methyl sites for hydroxylation is 1. The van der Waals surface area contributed by atoms with Gasteiger partial charge in [-0.3, -0.25) is 14.6 Å². The fraction of sp³-hybridized carbons (Fsp3) is 0.414. The first-order valence-corrected chi connectivity index (χ1v) is 15.9. The summed E-state index contributed by atoms with van der Waals surface area (Å²) in [4.78, 5) is 39.7. The van der Waals surface area contributed by atoms with Crippen molar-refractivity contribution in [3.05, 3.63) is 71.4 Å². The highest BCUT2D eigenvalue weighted by atomic mass is 32.2. The number of aromatic nitrogens is 3. The summed E-state index contributed by atoms with van der Waals surface area (Å²) in [5.41, 5.74) is 5.04. The fourth-order valence-corrected chi connectivity index (χ4v) is 6.58. The number of nitrogens with one attached hydrogen (secondary N) is 1. The summed E-state index contributed by atoms with van der Waals surface area (Å²) < 4.78 is 59.2. The van der Waals surface area contributed by atoms with E-state index in [9.17, 15) is 23.1 Å². The Kier molecular flexibility index (Phi) is 9.38. The minimum absolute atomic E-state index is 0.0132. The zero-order valence-electron chi connectivity index (χ0n) is 24.6. The molecule has 240 valence electrons. The van der Waals surface area contributed by atoms with Crippen LogP contribution in [0.2, 0.25) is 0 Å². The van der Waals surface area contributed by atoms with Crippen molar-refractivity contribution in [3.8, 4) is 0 Å². The van der Waals surface area contributed by atoms with Gasteiger partial charge in [0.15, 0.2) is 0 Å². The van der Waals surface area contributed by atoms with Crippen molar-refractivity contribution in [1.82, 2.24) is 24.6 Å². The second kappa shape index (κ2) is 13.1. The van der Waals surface area contributed by atoms with Crippen LogP contribution in [0.4, 0.5) is 20.3 Å². The molecule has 2 saturated heterocycles. The highest BCUT2D eigenvalue weighted by Crippen LogP contribution is 2.36. The van der Waals surface area contributed by atoms with Gasteiger partial charge in [-0.25, -0.2) is 18.4 Å². The van der Waals surface area contributed by atoms with E-state index in [2.05, 4.69) is 20.3 Å². The molecule has 2 aliphatic rings. The van der Waals surface area contributed by atoms with Crippen LogP contribution in [0.3, 0.4) is 0 Å². The van der Waals surface area contributed by atoms with Crippen LogP contribution >= 0.6 is 0 Å². The third-order valence-corrected chi connectivity index (χ3v) is 9.61. The van der Waals surface area contributed by atoms with Gasteiger partial charge in [-0.1, -0.05) is 0 Å². The molecular formula is C29H34F2N8O5S. The largest absolute Gasteiger partial charge is 0.390 e. The number of carbonyl (C=O) groups excluding carboxylic acids is 2. The number of pyridine rings is 1. The lowest BCUT2D eigenvalue weighted by Crippen LogP contribution is -2.49. The first kappa shape index (κ1) is 32.3. The first-order valence-electron chi connectivity index (χ1n) is 14.4. The Hall–Kier alpha value is -4.12. The minimum Gasteiger partial charge on any atom is -0.390 e. The van der Waals surface area contributed by atoms with E-state index in [0.717, 1.165) is 18.8 Å². The quantitative estimate of drug-likeness (QED) is 0.289. The predicted molar refractivity (Wildman–Crippen MR) is 160 cm³/mol. The van der Waals surface area contributed by atoms with Crippen molar-refractivity contribution >= 4 is 33.3 Å². The second-order valence-corrected chi connectivity index (χ2v) is 12.8. The van der Waals surface area contributed by atoms with E-state index in [-0.39, 0.29) is 67.1 Å². The Morgan fingerprint density at radius 3 is 2.40 bits per heavy atom. The van der Waals surface area contributed by atoms with Crippen molar-refractivity contribution in [2.45, 2.75) is 36.7 Å². The van der Waals surface area contributed by atoms with E-state index in [1.165, 1.54) is 28.6 Å². The Morgan fingerprint density at radius 2 is 1.80 bits per heavy atom. The number of nitrogens with two attached hydrogens (primary N) is 1. The molecule has 16 heteroatoms. The highest BCUT2D eigenvalue weighted by molar-refractivity contribution is 7.89. The Morgan fingerprint density at radius 1 is 1.09 bits per heavy atom. The smallest absolute Gasteiger partial charge is 0.316 e. The highest BCUT2D eigenvalue weighted by Gasteiger charge is 2.38. The number of aliphatic hydroxyl groups excluding tert-OH is 1. The number of rotatable bonds is 10. The Labute approximate surface area is 259 Å². The summed E-state index contributed by atoms with van der Waals surface area (Å²) in [5.74, 6) is -3.98. The van der Waals surface area contributed by atoms with Gasteiger partial charge in [0.1, 0.15) is 17.2 Å². The molecule has 0 saturated carbocycles. The number of hydrogen-bond acceptors (Lipinski definition) is 10. The molecule has 0 radical (unpaired) electrons. The summed E-state index contributed by atoms with van der Waals surface area (Å²) >= 11 is 0. The molecule has 4 heterocycles. The zero-order valence-corrected chi connectivity index (χ0v) is 25.4. The van der Waals surface area contributed by atoms with Gasteiger partial charge in [0.2, 0.25) is 15.9 Å². The van der Waals surface area contributed by atoms with E-state index < -0.39 is 33.7 Å². The molecule has 2 aliphatic heterocycles. The standard InChI is InChI=1S/C29H34F2N8O5S/c1-19-13-20(29(30,31)25-18-33-24(17-34-25)28(42)35-16-22(40)15-32)14-26(36-19)37-9-11-38(12-10-37)45(43,44)23-6-4-21(5-7-23)39-8-2-3-27(39)41/h4-7,13-14,17-18,22,40H,2-3,8-12,15-16,32H2,1H3,(H,35,42). The molecular weight excluding hydrogens is 610 g/mol. The van der Waals surface area contributed by atoms with E-state index in [4.69, 9.17) is 5.73 Å². The molecule has 45 heavy (non-hydrogen) atoms. The van der Waals surface area contributed by atoms with Crippen LogP contribution in [-0.2, 0) is 20.7 Å². The number of halogens is 2. The molecule has 13 nitrogen and oxygen atoms in total. The Balaban J connectivity index is 1.25. The number of nitrogens with zero attached hydrogens (tertiary/aromatic N) is 6. The molecule has 0 bridgehead atoms. The van der Waals surface area contributed by atoms with E-state index in [1.807, 2.05) is 0 Å². The average Bonchev–Trinajstić information content (AvgIpc) is 3.48. The Bertz CT molecular complexity index is 1650. The maximum Gasteiger partial charge on any atom is 0.316 e. The molecule has 3 aromatic rings. The van der Waals surface area contributed by atoms with E-state index >= 15 is 8.78 Å². The van der Waals surface area contributed by atoms with Crippen LogP contribution in [0.5, 0.6) is 0 Å². The third-order valence-electron chi connectivity index (χ3n) is 7.70. The lowest BCUT2D eigenvalue weighted by molar-refractivity contribution is -0.117. The minimum atomic E-state index is -3.82. The normalized spacial score (nSPS) is 17.0. The van der Waals surface area contributed by atoms with Gasteiger partial charge in [0.05, 0.1) is 23.4 Å². The first-order chi connectivity index (χ1) is 21.4. The molecule has 5 rings (SSSR count). The van der Waals surface area contributed by atoms with Gasteiger partial charge >= 0.3 is 5.92 Å². The fourth-order valence-electron chi connectivity index (χ4n) is 5.16. The predicted octanol–water partition coefficient (Wildman–Crippen LogP) is 1.01. The summed E-state index contributed by atoms with van der Waals surface area (Å²) in [7, 11) is -3.82. The molecule has 2 fully saturated rings. The zero-order chi connectivity index (χ0) is 32.4. The van der Waals surface area contributed by atoms with Crippen LogP contribution in [0.15, 0.2) is 53.7 Å². The maximum atomic E-state index is 15.6. The molecule has 4 N–H and O–H groups in total. The number of aliphatic hydroxyl groups is 1. The van der Waals surface area contributed by atoms with Crippen LogP contribution in [-0.4, -0.2) is 96.5 Å². The van der Waals surface area contributed by atoms with Gasteiger partial charge in [0.25, 0.3) is 5.91 Å². The van der Waals surface area contributed by atoms with Crippen molar-refractivity contribution in [2.24, 2.45) is 5.73 Å². The number of piperazine rings is 1. The number of amides is 2. The number of alkyl halides is 2. The lowest BCUT2D eigenvalue weighted by atomic mass is 10.1. The third kappa shape index (κ3) is 6.93. The second-order valence-electron chi connectivity index (χ2n) is 10.9. The number of benzene rings is 1. The van der Waals surface area contributed by atoms with Gasteiger partial charge in [0, 0.05) is 69.2 Å². The SMILES string of the molecule is Cc1cc(C(F)(F)c2cnc(C(=O)NCC(O)CN)cn2)cc(N2CCN(S(=O)(=O)c3ccc(N4CCCC4=O)cc3)CC2)n1. The van der Waals surface area contributed by atoms with Crippen molar-refractivity contribution in [2.75, 3.05) is 55.6 Å². The van der Waals surface area contributed by atoms with Crippen LogP contribution in [0.1, 0.15) is 40.3 Å². The molecule has 2 amide bonds. The summed E-state index contributed by atoms with van der Waals surface area (Å²) in [6, 6.07) is 8.73. The molecule has 1 unspecified atom stereocenters. The van der Waals surface area contributed by atoms with Crippen molar-refractivity contribution in [3.63, 3.8) is 0 Å². The summed E-state index contributed by atoms with van der Waals surface area (Å²) in [6.45, 7) is 2.70. The molecule has 1 aromatic carbocycles. The summed E-state index contributed by atoms with van der Waals surface area (Å²) in [6.07, 6.45) is 2.05. The molecule has 0 aliphatic carbocycles. The van der Waals surface area contributed by atoms with Crippen molar-refractivity contribution in [1.29, 1.82) is 0 Å². The van der Waals surface area contributed by atoms with Crippen LogP contribution < -0.4 is 20.9 Å². The number of anilines is 2. The maximum absolute atomic E-state index is 15.6. The van der Waals surface area contributed by atoms with Crippen molar-refractivity contribution < 1.29 is 31.9 Å². The average molecular weight is 645 g/mol. The number of sulfonamides is 1. The van der Waals surface area contributed by atoms with Gasteiger partial charge in [-0.15, -0.1) is 0 Å².